The standard InChI is InChI=1S/C19H12FIN4O5S2/c20-14-4-6-17(31-14)32(29,30)24-19(28)23-12-2-5-15(22-9-12)25-16(26)8-10-7-11(21)1-3-13(10)18(25)27/h1-7,9H,8H2,(H2,23,24,28). The highest BCUT2D eigenvalue weighted by molar-refractivity contribution is 14.1. The molecule has 0 fully saturated rings. The van der Waals surface area contributed by atoms with E-state index in [4.69, 9.17) is 0 Å². The highest BCUT2D eigenvalue weighted by Gasteiger charge is 2.33. The number of carbonyl (C=O) groups excluding carboxylic acids is 3. The number of pyridine rings is 1. The predicted molar refractivity (Wildman–Crippen MR) is 123 cm³/mol. The Bertz CT molecular complexity index is 1360. The molecule has 1 aliphatic heterocycles. The first-order valence-corrected chi connectivity index (χ1v) is 12.2. The molecule has 2 N–H and O–H groups in total. The molecule has 0 saturated carbocycles. The quantitative estimate of drug-likeness (QED) is 0.358. The number of benzene rings is 1. The number of hydrogen-bond donors (Lipinski definition) is 2. The van der Waals surface area contributed by atoms with E-state index in [1.165, 1.54) is 18.3 Å². The molecule has 0 unspecified atom stereocenters. The minimum atomic E-state index is -4.23. The molecule has 1 aliphatic rings. The fourth-order valence-electron chi connectivity index (χ4n) is 2.99. The molecule has 3 heterocycles. The molecule has 9 nitrogen and oxygen atoms in total. The summed E-state index contributed by atoms with van der Waals surface area (Å²) in [7, 11) is -4.23. The molecule has 0 atom stereocenters. The number of aromatic nitrogens is 1. The number of imide groups is 1. The summed E-state index contributed by atoms with van der Waals surface area (Å²) in [6, 6.07) is 8.85. The van der Waals surface area contributed by atoms with Gasteiger partial charge in [-0.05, 0) is 70.6 Å². The number of rotatable bonds is 4. The van der Waals surface area contributed by atoms with Crippen molar-refractivity contribution in [2.24, 2.45) is 0 Å². The van der Waals surface area contributed by atoms with E-state index >= 15 is 0 Å². The van der Waals surface area contributed by atoms with Crippen molar-refractivity contribution in [3.63, 3.8) is 0 Å². The van der Waals surface area contributed by atoms with Crippen molar-refractivity contribution >= 4 is 73.3 Å². The van der Waals surface area contributed by atoms with Gasteiger partial charge in [0.15, 0.2) is 5.13 Å². The van der Waals surface area contributed by atoms with E-state index in [1.807, 2.05) is 0 Å². The van der Waals surface area contributed by atoms with Gasteiger partial charge in [-0.15, -0.1) is 0 Å². The number of anilines is 2. The van der Waals surface area contributed by atoms with Crippen LogP contribution in [0.15, 0.2) is 52.9 Å². The summed E-state index contributed by atoms with van der Waals surface area (Å²) in [4.78, 5) is 42.3. The van der Waals surface area contributed by atoms with E-state index in [0.717, 1.165) is 20.6 Å². The molecule has 2 aromatic heterocycles. The number of sulfonamides is 1. The first kappa shape index (κ1) is 22.3. The van der Waals surface area contributed by atoms with Crippen molar-refractivity contribution in [1.29, 1.82) is 0 Å². The lowest BCUT2D eigenvalue weighted by Gasteiger charge is -2.26. The maximum absolute atomic E-state index is 13.1. The molecule has 0 bridgehead atoms. The van der Waals surface area contributed by atoms with E-state index in [2.05, 4.69) is 32.9 Å². The molecule has 0 saturated heterocycles. The number of hydrogen-bond acceptors (Lipinski definition) is 7. The van der Waals surface area contributed by atoms with Crippen LogP contribution in [0, 0.1) is 8.70 Å². The first-order chi connectivity index (χ1) is 15.1. The van der Waals surface area contributed by atoms with Crippen LogP contribution in [0.2, 0.25) is 0 Å². The summed E-state index contributed by atoms with van der Waals surface area (Å²) in [5.41, 5.74) is 1.17. The number of thiophene rings is 1. The number of urea groups is 1. The summed E-state index contributed by atoms with van der Waals surface area (Å²) in [5.74, 6) is -0.880. The number of amides is 4. The van der Waals surface area contributed by atoms with Gasteiger partial charge >= 0.3 is 6.03 Å². The zero-order valence-electron chi connectivity index (χ0n) is 15.8. The van der Waals surface area contributed by atoms with Crippen LogP contribution in [0.1, 0.15) is 15.9 Å². The molecular formula is C19H12FIN4O5S2. The molecule has 4 rings (SSSR count). The van der Waals surface area contributed by atoms with Gasteiger partial charge < -0.3 is 5.32 Å². The van der Waals surface area contributed by atoms with Crippen LogP contribution >= 0.6 is 33.9 Å². The van der Waals surface area contributed by atoms with Gasteiger partial charge in [0.2, 0.25) is 5.91 Å². The lowest BCUT2D eigenvalue weighted by atomic mass is 9.98. The summed E-state index contributed by atoms with van der Waals surface area (Å²) < 4.78 is 39.5. The van der Waals surface area contributed by atoms with Crippen molar-refractivity contribution in [1.82, 2.24) is 9.71 Å². The van der Waals surface area contributed by atoms with Gasteiger partial charge in [0.25, 0.3) is 15.9 Å². The third kappa shape index (κ3) is 4.49. The number of halogens is 2. The molecule has 0 radical (unpaired) electrons. The van der Waals surface area contributed by atoms with Crippen molar-refractivity contribution in [2.45, 2.75) is 10.6 Å². The Kier molecular flexibility index (Phi) is 5.96. The highest BCUT2D eigenvalue weighted by Crippen LogP contribution is 2.26. The van der Waals surface area contributed by atoms with Gasteiger partial charge in [0.1, 0.15) is 10.0 Å². The summed E-state index contributed by atoms with van der Waals surface area (Å²) >= 11 is 2.48. The minimum Gasteiger partial charge on any atom is -0.306 e. The lowest BCUT2D eigenvalue weighted by Crippen LogP contribution is -2.43. The van der Waals surface area contributed by atoms with Gasteiger partial charge in [-0.1, -0.05) is 11.3 Å². The van der Waals surface area contributed by atoms with Crippen LogP contribution in [0.4, 0.5) is 20.7 Å². The number of nitrogens with one attached hydrogen (secondary N) is 2. The maximum Gasteiger partial charge on any atom is 0.333 e. The largest absolute Gasteiger partial charge is 0.333 e. The SMILES string of the molecule is O=C(Nc1ccc(N2C(=O)Cc3cc(I)ccc3C2=O)nc1)NS(=O)(=O)c1ccc(F)s1. The van der Waals surface area contributed by atoms with E-state index in [1.54, 1.807) is 22.9 Å². The van der Waals surface area contributed by atoms with Gasteiger partial charge in [0.05, 0.1) is 18.3 Å². The Balaban J connectivity index is 1.47. The second-order valence-corrected chi connectivity index (χ2v) is 10.7. The molecule has 3 aromatic rings. The Labute approximate surface area is 198 Å². The van der Waals surface area contributed by atoms with Crippen LogP contribution in [0.3, 0.4) is 0 Å². The Morgan fingerprint density at radius 1 is 1.16 bits per heavy atom. The third-order valence-electron chi connectivity index (χ3n) is 4.37. The van der Waals surface area contributed by atoms with Crippen LogP contribution in [0.5, 0.6) is 0 Å². The molecule has 32 heavy (non-hydrogen) atoms. The van der Waals surface area contributed by atoms with Crippen molar-refractivity contribution in [3.8, 4) is 0 Å². The summed E-state index contributed by atoms with van der Waals surface area (Å²) in [6.07, 6.45) is 1.22. The molecule has 4 amide bonds. The van der Waals surface area contributed by atoms with Crippen molar-refractivity contribution in [3.05, 3.63) is 68.5 Å². The maximum atomic E-state index is 13.1. The fraction of sp³-hybridized carbons (Fsp3) is 0.0526. The Morgan fingerprint density at radius 3 is 2.59 bits per heavy atom. The monoisotopic (exact) mass is 586 g/mol. The smallest absolute Gasteiger partial charge is 0.306 e. The molecule has 1 aromatic carbocycles. The third-order valence-corrected chi connectivity index (χ3v) is 7.73. The average molecular weight is 586 g/mol. The van der Waals surface area contributed by atoms with E-state index in [9.17, 15) is 27.2 Å². The molecule has 0 spiro atoms. The van der Waals surface area contributed by atoms with Crippen molar-refractivity contribution < 1.29 is 27.2 Å². The van der Waals surface area contributed by atoms with Crippen LogP contribution in [-0.4, -0.2) is 31.2 Å². The minimum absolute atomic E-state index is 0.0448. The Morgan fingerprint density at radius 2 is 1.94 bits per heavy atom. The zero-order valence-corrected chi connectivity index (χ0v) is 19.6. The van der Waals surface area contributed by atoms with Crippen LogP contribution in [-0.2, 0) is 21.2 Å². The van der Waals surface area contributed by atoms with Crippen LogP contribution in [0.25, 0.3) is 0 Å². The van der Waals surface area contributed by atoms with Gasteiger partial charge in [-0.25, -0.2) is 27.8 Å². The highest BCUT2D eigenvalue weighted by atomic mass is 127. The average Bonchev–Trinajstić information content (AvgIpc) is 3.16. The van der Waals surface area contributed by atoms with Crippen LogP contribution < -0.4 is 14.9 Å². The second-order valence-electron chi connectivity index (χ2n) is 6.54. The molecule has 0 aliphatic carbocycles. The van der Waals surface area contributed by atoms with Gasteiger partial charge in [-0.3, -0.25) is 9.59 Å². The summed E-state index contributed by atoms with van der Waals surface area (Å²) in [5, 5.41) is 1.58. The number of fused-ring (bicyclic) bond motifs is 1. The van der Waals surface area contributed by atoms with Gasteiger partial charge in [0, 0.05) is 9.13 Å². The lowest BCUT2D eigenvalue weighted by molar-refractivity contribution is -0.117. The molecule has 164 valence electrons. The van der Waals surface area contributed by atoms with Crippen molar-refractivity contribution in [2.75, 3.05) is 10.2 Å². The predicted octanol–water partition coefficient (Wildman–Crippen LogP) is 3.13. The topological polar surface area (TPSA) is 126 Å². The number of nitrogens with zero attached hydrogens (tertiary/aromatic N) is 2. The van der Waals surface area contributed by atoms with E-state index in [0.29, 0.717) is 22.5 Å². The van der Waals surface area contributed by atoms with E-state index in [-0.39, 0.29) is 22.1 Å². The first-order valence-electron chi connectivity index (χ1n) is 8.85. The second kappa shape index (κ2) is 8.55. The van der Waals surface area contributed by atoms with Gasteiger partial charge in [-0.2, -0.15) is 4.39 Å². The fourth-order valence-corrected chi connectivity index (χ4v) is 5.45. The van der Waals surface area contributed by atoms with E-state index < -0.39 is 33.0 Å². The Hall–Kier alpha value is -2.91. The zero-order chi connectivity index (χ0) is 23.0. The number of carbonyl (C=O) groups is 3. The molecule has 13 heteroatoms. The molecular weight excluding hydrogens is 574 g/mol. The summed E-state index contributed by atoms with van der Waals surface area (Å²) in [6.45, 7) is 0. The normalized spacial score (nSPS) is 13.6.